The molecule has 3 spiro atoms. The average molecular weight is 1260 g/mol. The zero-order chi connectivity index (χ0) is 63.1. The summed E-state index contributed by atoms with van der Waals surface area (Å²) in [5.74, 6) is -14.4. The molecular formula is C60H82F9NO17. The molecule has 2 N–H and O–H groups in total. The van der Waals surface area contributed by atoms with Crippen molar-refractivity contribution in [2.24, 2.45) is 71.0 Å². The second kappa shape index (κ2) is 22.3. The Bertz CT molecular complexity index is 2700. The van der Waals surface area contributed by atoms with Crippen molar-refractivity contribution in [1.29, 1.82) is 0 Å². The summed E-state index contributed by atoms with van der Waals surface area (Å²) in [6.07, 6.45) is -9.22. The van der Waals surface area contributed by atoms with Crippen LogP contribution in [0.5, 0.6) is 5.75 Å². The number of alkyl halides is 9. The highest BCUT2D eigenvalue weighted by molar-refractivity contribution is 5.68. The molecule has 87 heavy (non-hydrogen) atoms. The number of benzene rings is 1. The Morgan fingerprint density at radius 1 is 0.540 bits per heavy atom. The molecule has 492 valence electrons. The van der Waals surface area contributed by atoms with Gasteiger partial charge in [0.2, 0.25) is 23.1 Å². The third-order valence-corrected chi connectivity index (χ3v) is 22.3. The lowest BCUT2D eigenvalue weighted by Crippen LogP contribution is -2.77. The van der Waals surface area contributed by atoms with E-state index in [0.29, 0.717) is 50.7 Å². The molecule has 1 aromatic carbocycles. The number of aliphatic carboxylic acids is 1. The minimum Gasteiger partial charge on any atom is -0.497 e. The monoisotopic (exact) mass is 1260 g/mol. The van der Waals surface area contributed by atoms with Crippen molar-refractivity contribution >= 4 is 11.7 Å². The number of nitrogens with one attached hydrogen (secondary N) is 1. The molecule has 16 rings (SSSR count). The molecule has 0 aromatic heterocycles. The van der Waals surface area contributed by atoms with Crippen LogP contribution in [0.1, 0.15) is 139 Å². The smallest absolute Gasteiger partial charge is 0.443 e. The highest BCUT2D eigenvalue weighted by Gasteiger charge is 2.81. The van der Waals surface area contributed by atoms with Crippen molar-refractivity contribution < 1.29 is 121 Å². The van der Waals surface area contributed by atoms with Gasteiger partial charge >= 0.3 is 24.5 Å². The molecule has 12 aliphatic heterocycles. The van der Waals surface area contributed by atoms with Crippen LogP contribution in [0.25, 0.3) is 0 Å². The molecule has 1 aromatic rings. The number of ether oxygens (including phenoxy) is 9. The molecule has 27 heteroatoms. The molecule has 3 aliphatic carbocycles. The predicted octanol–water partition coefficient (Wildman–Crippen LogP) is 12.8. The molecule has 3 saturated carbocycles. The highest BCUT2D eigenvalue weighted by atomic mass is 19.4. The van der Waals surface area contributed by atoms with Crippen LogP contribution < -0.4 is 10.1 Å². The maximum absolute atomic E-state index is 14.8. The number of rotatable bonds is 9. The van der Waals surface area contributed by atoms with Gasteiger partial charge in [0.15, 0.2) is 35.7 Å². The Morgan fingerprint density at radius 3 is 1.28 bits per heavy atom. The fourth-order valence-electron chi connectivity index (χ4n) is 17.7. The third-order valence-electron chi connectivity index (χ3n) is 22.3. The van der Waals surface area contributed by atoms with Gasteiger partial charge in [0, 0.05) is 60.5 Å². The predicted molar refractivity (Wildman–Crippen MR) is 282 cm³/mol. The SMILES string of the molecule is C=CCO[C@@]1(C(F)(F)F)O[C@@H]2O[C@]3(C)CC[C@H]4[C@H](C)CC[C@@H]([C@H]1C)C24OO3.COc1ccc(N[C@@]2(C(F)(F)F)O[C@@H]3O[C@]4(C)CC[C@H]5[C@H](C)CC[C@@H]([C@H]2C)C35OO4)cc1.C[C@@H]1CC[C@H]2[C@@H](C)[C@](OCC(=O)O)(C(F)(F)F)O[C@@H]3O[C@]4(C)CC[C@@H]1C32OO4. The van der Waals surface area contributed by atoms with E-state index in [2.05, 4.69) is 25.7 Å². The number of halogens is 9. The average Bonchev–Trinajstić information content (AvgIpc) is 1.70. The van der Waals surface area contributed by atoms with Gasteiger partial charge in [0.05, 0.1) is 13.7 Å². The van der Waals surface area contributed by atoms with Crippen LogP contribution in [0.3, 0.4) is 0 Å². The number of hydrogen-bond donors (Lipinski definition) is 2. The molecule has 0 amide bonds. The first-order chi connectivity index (χ1) is 40.6. The van der Waals surface area contributed by atoms with Crippen LogP contribution in [-0.4, -0.2) is 120 Å². The molecule has 15 aliphatic rings. The van der Waals surface area contributed by atoms with E-state index in [1.807, 2.05) is 6.92 Å². The number of anilines is 1. The van der Waals surface area contributed by atoms with Crippen molar-refractivity contribution in [3.05, 3.63) is 36.9 Å². The van der Waals surface area contributed by atoms with Crippen molar-refractivity contribution in [2.75, 3.05) is 25.6 Å². The first-order valence-electron chi connectivity index (χ1n) is 30.5. The van der Waals surface area contributed by atoms with E-state index in [-0.39, 0.29) is 47.8 Å². The molecule has 3 unspecified atom stereocenters. The lowest BCUT2D eigenvalue weighted by atomic mass is 9.56. The van der Waals surface area contributed by atoms with Gasteiger partial charge in [-0.3, -0.25) is 0 Å². The zero-order valence-corrected chi connectivity index (χ0v) is 50.5. The van der Waals surface area contributed by atoms with Gasteiger partial charge < -0.3 is 53.1 Å². The number of methoxy groups -OCH3 is 1. The molecular weight excluding hydrogens is 1180 g/mol. The second-order valence-corrected chi connectivity index (χ2v) is 27.1. The van der Waals surface area contributed by atoms with Gasteiger partial charge in [-0.15, -0.1) is 6.58 Å². The van der Waals surface area contributed by atoms with E-state index in [0.717, 1.165) is 32.1 Å². The van der Waals surface area contributed by atoms with Crippen LogP contribution >= 0.6 is 0 Å². The van der Waals surface area contributed by atoms with Crippen molar-refractivity contribution in [3.8, 4) is 5.75 Å². The maximum Gasteiger partial charge on any atom is 0.443 e. The molecule has 15 fully saturated rings. The Morgan fingerprint density at radius 2 is 0.920 bits per heavy atom. The summed E-state index contributed by atoms with van der Waals surface area (Å²) >= 11 is 0. The van der Waals surface area contributed by atoms with Gasteiger partial charge in [-0.25, -0.2) is 34.1 Å². The van der Waals surface area contributed by atoms with E-state index in [1.165, 1.54) is 27.0 Å². The van der Waals surface area contributed by atoms with Crippen LogP contribution in [-0.2, 0) is 72.0 Å². The Hall–Kier alpha value is -3.16. The largest absolute Gasteiger partial charge is 0.497 e. The Kier molecular flexibility index (Phi) is 16.7. The van der Waals surface area contributed by atoms with Gasteiger partial charge in [-0.05, 0) is 138 Å². The van der Waals surface area contributed by atoms with Gasteiger partial charge in [0.25, 0.3) is 11.6 Å². The number of carboxylic acids is 1. The molecule has 0 radical (unpaired) electrons. The van der Waals surface area contributed by atoms with E-state index >= 15 is 0 Å². The summed E-state index contributed by atoms with van der Waals surface area (Å²) in [5, 5.41) is 11.6. The lowest BCUT2D eigenvalue weighted by Gasteiger charge is -2.63. The molecule has 18 nitrogen and oxygen atoms in total. The van der Waals surface area contributed by atoms with E-state index in [1.54, 1.807) is 52.0 Å². The minimum atomic E-state index is -4.96. The maximum atomic E-state index is 14.8. The highest BCUT2D eigenvalue weighted by Crippen LogP contribution is 2.68. The first kappa shape index (κ1) is 65.3. The summed E-state index contributed by atoms with van der Waals surface area (Å²) in [7, 11) is 1.51. The zero-order valence-electron chi connectivity index (χ0n) is 50.5. The van der Waals surface area contributed by atoms with Crippen LogP contribution in [0.15, 0.2) is 36.9 Å². The molecule has 6 bridgehead atoms. The summed E-state index contributed by atoms with van der Waals surface area (Å²) in [6.45, 7) is 17.8. The summed E-state index contributed by atoms with van der Waals surface area (Å²) < 4.78 is 180. The van der Waals surface area contributed by atoms with Crippen molar-refractivity contribution in [2.45, 2.75) is 228 Å². The van der Waals surface area contributed by atoms with Gasteiger partial charge in [-0.1, -0.05) is 47.6 Å². The summed E-state index contributed by atoms with van der Waals surface area (Å²) in [4.78, 5) is 45.5. The standard InChI is InChI=1S/C23H30F3NO5.C19H27F3O5.C18H25F3O7/c1-13-5-10-18-14(2)22(23(24,25)26,27-15-6-8-16(28-4)9-7-15)30-19-21(18)17(13)11-12-20(3,29-19)31-32-21;1-5-10-23-18(19(20,21)22)12(3)14-7-6-11(2)13-8-9-16(4)24-15(25-18)17(13,14)27-26-16;1-9-4-5-12-10(2)17(18(19,20)21,24-8-13(22)23)26-14-16(12)11(9)6-7-15(3,25-14)27-28-16/h6-9,13-14,17-19,27H,5,10-12H2,1-4H3;5,11-15H,1,6-10H2,2-4H3;9-12,14H,4-8H2,1-3H3,(H,22,23)/t13-,14-,17+,18+,19+,20+,21?,22-;11-,12-,13+,14+,15+,16+,17?,18-;9-,10-,11+,12+,14+,15+,16?,17-/m111/s1. The van der Waals surface area contributed by atoms with Gasteiger partial charge in [0.1, 0.15) is 12.4 Å². The summed E-state index contributed by atoms with van der Waals surface area (Å²) in [6, 6.07) is 6.34. The summed E-state index contributed by atoms with van der Waals surface area (Å²) in [5.41, 5.74) is -5.66. The van der Waals surface area contributed by atoms with E-state index < -0.39 is 137 Å². The molecule has 12 saturated heterocycles. The normalized spacial score (nSPS) is 49.3. The van der Waals surface area contributed by atoms with Crippen LogP contribution in [0.2, 0.25) is 0 Å². The minimum absolute atomic E-state index is 0.00124. The number of carbonyl (C=O) groups is 1. The Labute approximate surface area is 499 Å². The quantitative estimate of drug-likeness (QED) is 0.135. The van der Waals surface area contributed by atoms with Gasteiger partial charge in [-0.2, -0.15) is 39.5 Å². The fraction of sp³-hybridized carbons (Fsp3) is 0.850. The fourth-order valence-corrected chi connectivity index (χ4v) is 17.7. The number of fused-ring (bicyclic) bond motifs is 6. The second-order valence-electron chi connectivity index (χ2n) is 27.1. The van der Waals surface area contributed by atoms with Crippen molar-refractivity contribution in [1.82, 2.24) is 0 Å². The lowest BCUT2D eigenvalue weighted by molar-refractivity contribution is -0.598. The van der Waals surface area contributed by atoms with E-state index in [9.17, 15) is 44.3 Å². The van der Waals surface area contributed by atoms with Crippen LogP contribution in [0.4, 0.5) is 45.2 Å². The molecule has 12 heterocycles. The molecule has 24 atom stereocenters. The number of hydrogen-bond acceptors (Lipinski definition) is 17. The van der Waals surface area contributed by atoms with Crippen LogP contribution in [0, 0.1) is 71.0 Å². The van der Waals surface area contributed by atoms with E-state index in [4.69, 9.17) is 77.1 Å². The topological polar surface area (TPSA) is 188 Å². The third kappa shape index (κ3) is 10.1. The number of carboxylic acid groups (broad SMARTS) is 1. The van der Waals surface area contributed by atoms with Crippen molar-refractivity contribution in [3.63, 3.8) is 0 Å². The Balaban J connectivity index is 0.000000136. The first-order valence-corrected chi connectivity index (χ1v) is 30.5.